The number of H-pyrrole nitrogens is 1. The van der Waals surface area contributed by atoms with Gasteiger partial charge in [0.15, 0.2) is 17.4 Å². The normalized spacial score (nSPS) is 21.8. The standard InChI is InChI=1S/C28H47N5O5/c1-2-3-4-5-6-7-8-9-10-11-12-13-14-15-16-17-18-37-19-21-23(34)24(35)27(38-21)33-20-30-22-25(33)31-28(29)32-26(22)36/h9-10,20-21,23-24,27,34-35H,2-8,11-19H2,1H3,(H3,29,31,32,36)/t21-,23-,24-,27-/m1/s1. The van der Waals surface area contributed by atoms with Gasteiger partial charge in [0.25, 0.3) is 5.56 Å². The number of aliphatic hydroxyl groups excluding tert-OH is 2. The van der Waals surface area contributed by atoms with Gasteiger partial charge in [-0.25, -0.2) is 4.98 Å². The molecule has 0 aromatic carbocycles. The maximum atomic E-state index is 12.0. The molecule has 1 fully saturated rings. The molecule has 1 saturated heterocycles. The van der Waals surface area contributed by atoms with Crippen LogP contribution in [0.5, 0.6) is 0 Å². The summed E-state index contributed by atoms with van der Waals surface area (Å²) in [5.74, 6) is -0.0622. The summed E-state index contributed by atoms with van der Waals surface area (Å²) in [6, 6.07) is 0. The number of fused-ring (bicyclic) bond motifs is 1. The van der Waals surface area contributed by atoms with Crippen molar-refractivity contribution in [2.75, 3.05) is 18.9 Å². The topological polar surface area (TPSA) is 149 Å². The number of hydrogen-bond donors (Lipinski definition) is 4. The predicted octanol–water partition coefficient (Wildman–Crippen LogP) is 4.38. The lowest BCUT2D eigenvalue weighted by Gasteiger charge is -2.16. The van der Waals surface area contributed by atoms with Gasteiger partial charge in [-0.15, -0.1) is 0 Å². The number of nitrogen functional groups attached to an aromatic ring is 1. The summed E-state index contributed by atoms with van der Waals surface area (Å²) in [4.78, 5) is 22.5. The van der Waals surface area contributed by atoms with Crippen LogP contribution in [0.3, 0.4) is 0 Å². The molecule has 10 heteroatoms. The molecule has 1 aliphatic rings. The minimum absolute atomic E-state index is 0.0622. The molecular weight excluding hydrogens is 486 g/mol. The smallest absolute Gasteiger partial charge is 0.280 e. The molecule has 4 atom stereocenters. The highest BCUT2D eigenvalue weighted by molar-refractivity contribution is 5.70. The lowest BCUT2D eigenvalue weighted by Crippen LogP contribution is -2.34. The number of nitrogens with zero attached hydrogens (tertiary/aromatic N) is 3. The highest BCUT2D eigenvalue weighted by Gasteiger charge is 2.44. The highest BCUT2D eigenvalue weighted by Crippen LogP contribution is 2.31. The van der Waals surface area contributed by atoms with Crippen molar-refractivity contribution >= 4 is 17.1 Å². The lowest BCUT2D eigenvalue weighted by atomic mass is 10.1. The Bertz CT molecular complexity index is 1020. The second-order valence-corrected chi connectivity index (χ2v) is 10.3. The molecule has 1 aliphatic heterocycles. The Labute approximate surface area is 225 Å². The van der Waals surface area contributed by atoms with Crippen LogP contribution in [0.15, 0.2) is 23.3 Å². The molecule has 0 radical (unpaired) electrons. The predicted molar refractivity (Wildman–Crippen MR) is 149 cm³/mol. The number of imidazole rings is 1. The number of unbranched alkanes of at least 4 members (excludes halogenated alkanes) is 12. The number of hydrogen-bond acceptors (Lipinski definition) is 8. The minimum Gasteiger partial charge on any atom is -0.387 e. The van der Waals surface area contributed by atoms with Gasteiger partial charge < -0.3 is 25.4 Å². The Hall–Kier alpha value is -2.27. The van der Waals surface area contributed by atoms with E-state index in [1.807, 2.05) is 0 Å². The van der Waals surface area contributed by atoms with Crippen molar-refractivity contribution in [1.82, 2.24) is 19.5 Å². The Morgan fingerprint density at radius 3 is 2.32 bits per heavy atom. The van der Waals surface area contributed by atoms with Crippen LogP contribution in [0.2, 0.25) is 0 Å². The molecule has 3 heterocycles. The maximum absolute atomic E-state index is 12.0. The molecule has 2 aromatic heterocycles. The second kappa shape index (κ2) is 16.6. The number of rotatable bonds is 19. The molecule has 0 aliphatic carbocycles. The van der Waals surface area contributed by atoms with Crippen molar-refractivity contribution in [2.45, 2.75) is 121 Å². The monoisotopic (exact) mass is 533 g/mol. The van der Waals surface area contributed by atoms with Crippen LogP contribution in [-0.2, 0) is 9.47 Å². The van der Waals surface area contributed by atoms with E-state index in [-0.39, 0.29) is 23.7 Å². The van der Waals surface area contributed by atoms with Gasteiger partial charge in [0.05, 0.1) is 12.9 Å². The van der Waals surface area contributed by atoms with Gasteiger partial charge in [0.1, 0.15) is 18.3 Å². The van der Waals surface area contributed by atoms with E-state index in [0.717, 1.165) is 12.8 Å². The first-order chi connectivity index (χ1) is 18.5. The maximum Gasteiger partial charge on any atom is 0.280 e. The summed E-state index contributed by atoms with van der Waals surface area (Å²) in [6.45, 7) is 3.01. The van der Waals surface area contributed by atoms with Gasteiger partial charge in [0.2, 0.25) is 5.95 Å². The molecule has 5 N–H and O–H groups in total. The molecule has 0 amide bonds. The second-order valence-electron chi connectivity index (χ2n) is 10.3. The van der Waals surface area contributed by atoms with Crippen LogP contribution in [-0.4, -0.2) is 61.3 Å². The number of nitrogens with one attached hydrogen (secondary N) is 1. The van der Waals surface area contributed by atoms with E-state index in [1.54, 1.807) is 0 Å². The van der Waals surface area contributed by atoms with Gasteiger partial charge in [-0.1, -0.05) is 76.9 Å². The van der Waals surface area contributed by atoms with Crippen molar-refractivity contribution in [1.29, 1.82) is 0 Å². The van der Waals surface area contributed by atoms with E-state index in [9.17, 15) is 15.0 Å². The third-order valence-electron chi connectivity index (χ3n) is 7.14. The molecule has 0 saturated carbocycles. The van der Waals surface area contributed by atoms with Crippen molar-refractivity contribution in [3.63, 3.8) is 0 Å². The first-order valence-corrected chi connectivity index (χ1v) is 14.5. The Morgan fingerprint density at radius 1 is 1.00 bits per heavy atom. The van der Waals surface area contributed by atoms with Crippen molar-refractivity contribution in [3.05, 3.63) is 28.8 Å². The summed E-state index contributed by atoms with van der Waals surface area (Å²) >= 11 is 0. The number of aliphatic hydroxyl groups is 2. The molecule has 0 unspecified atom stereocenters. The Kier molecular flexibility index (Phi) is 13.3. The van der Waals surface area contributed by atoms with Gasteiger partial charge in [0, 0.05) is 6.61 Å². The summed E-state index contributed by atoms with van der Waals surface area (Å²) < 4.78 is 13.0. The first kappa shape index (κ1) is 30.3. The lowest BCUT2D eigenvalue weighted by molar-refractivity contribution is -0.0657. The van der Waals surface area contributed by atoms with Gasteiger partial charge in [-0.05, 0) is 32.1 Å². The van der Waals surface area contributed by atoms with Crippen LogP contribution in [0.1, 0.15) is 103 Å². The molecule has 3 rings (SSSR count). The third-order valence-corrected chi connectivity index (χ3v) is 7.14. The van der Waals surface area contributed by atoms with Gasteiger partial charge in [-0.3, -0.25) is 14.3 Å². The summed E-state index contributed by atoms with van der Waals surface area (Å²) in [6.07, 6.45) is 19.6. The summed E-state index contributed by atoms with van der Waals surface area (Å²) in [5, 5.41) is 21.0. The SMILES string of the molecule is CCCCCCCCC=CCCCCCCCCOC[C@H]1O[C@@H](n2cnc3c(=O)[nH]c(N)nc32)[C@H](O)[C@@H]1O. The molecular formula is C28H47N5O5. The molecule has 214 valence electrons. The first-order valence-electron chi connectivity index (χ1n) is 14.5. The molecule has 38 heavy (non-hydrogen) atoms. The minimum atomic E-state index is -1.21. The number of aromatic nitrogens is 4. The van der Waals surface area contributed by atoms with Crippen molar-refractivity contribution in [2.24, 2.45) is 0 Å². The summed E-state index contributed by atoms with van der Waals surface area (Å²) in [5.41, 5.74) is 5.44. The van der Waals surface area contributed by atoms with Crippen LogP contribution in [0.25, 0.3) is 11.2 Å². The fourth-order valence-electron chi connectivity index (χ4n) is 4.88. The molecule has 0 bridgehead atoms. The highest BCUT2D eigenvalue weighted by atomic mass is 16.6. The zero-order chi connectivity index (χ0) is 27.2. The van der Waals surface area contributed by atoms with E-state index in [2.05, 4.69) is 34.0 Å². The fraction of sp³-hybridized carbons (Fsp3) is 0.750. The fourth-order valence-corrected chi connectivity index (χ4v) is 4.88. The van der Waals surface area contributed by atoms with E-state index in [1.165, 1.54) is 87.9 Å². The average Bonchev–Trinajstić information content (AvgIpc) is 3.44. The molecule has 0 spiro atoms. The van der Waals surface area contributed by atoms with E-state index in [4.69, 9.17) is 15.2 Å². The largest absolute Gasteiger partial charge is 0.387 e. The number of aromatic amines is 1. The van der Waals surface area contributed by atoms with Crippen LogP contribution < -0.4 is 11.3 Å². The quantitative estimate of drug-likeness (QED) is 0.154. The molecule has 10 nitrogen and oxygen atoms in total. The van der Waals surface area contributed by atoms with E-state index < -0.39 is 30.1 Å². The van der Waals surface area contributed by atoms with Crippen LogP contribution in [0.4, 0.5) is 5.95 Å². The van der Waals surface area contributed by atoms with Crippen LogP contribution in [0, 0.1) is 0 Å². The number of anilines is 1. The number of allylic oxidation sites excluding steroid dienone is 2. The number of nitrogens with two attached hydrogens (primary N) is 1. The van der Waals surface area contributed by atoms with E-state index in [0.29, 0.717) is 6.61 Å². The number of ether oxygens (including phenoxy) is 2. The summed E-state index contributed by atoms with van der Waals surface area (Å²) in [7, 11) is 0. The average molecular weight is 534 g/mol. The van der Waals surface area contributed by atoms with Crippen molar-refractivity contribution < 1.29 is 19.7 Å². The van der Waals surface area contributed by atoms with Crippen molar-refractivity contribution in [3.8, 4) is 0 Å². The zero-order valence-corrected chi connectivity index (χ0v) is 22.9. The molecule has 2 aromatic rings. The Balaban J connectivity index is 1.21. The van der Waals surface area contributed by atoms with Crippen LogP contribution >= 0.6 is 0 Å². The zero-order valence-electron chi connectivity index (χ0n) is 22.9. The Morgan fingerprint density at radius 2 is 1.63 bits per heavy atom. The third kappa shape index (κ3) is 9.18. The van der Waals surface area contributed by atoms with E-state index >= 15 is 0 Å². The van der Waals surface area contributed by atoms with Gasteiger partial charge in [-0.2, -0.15) is 4.98 Å². The van der Waals surface area contributed by atoms with Gasteiger partial charge >= 0.3 is 0 Å².